The number of aromatic nitrogens is 1. The van der Waals surface area contributed by atoms with Crippen LogP contribution in [0.5, 0.6) is 0 Å². The molecule has 5 heteroatoms. The summed E-state index contributed by atoms with van der Waals surface area (Å²) in [5.41, 5.74) is 0. The van der Waals surface area contributed by atoms with Crippen molar-refractivity contribution in [2.45, 2.75) is 6.92 Å². The van der Waals surface area contributed by atoms with E-state index in [1.165, 1.54) is 0 Å². The standard InChI is InChI=1S/C9H13Cl2N3/c1-4-14(3)9-7(11)5-6(10)8(12-2)13-9/h5H,4H2,1-3H3,(H,12,13). The zero-order valence-electron chi connectivity index (χ0n) is 8.43. The van der Waals surface area contributed by atoms with Gasteiger partial charge in [0.15, 0.2) is 0 Å². The second kappa shape index (κ2) is 4.71. The van der Waals surface area contributed by atoms with Gasteiger partial charge in [0.05, 0.1) is 10.0 Å². The van der Waals surface area contributed by atoms with E-state index in [1.807, 2.05) is 18.9 Å². The Labute approximate surface area is 94.0 Å². The van der Waals surface area contributed by atoms with Gasteiger partial charge in [-0.05, 0) is 13.0 Å². The first-order valence-electron chi connectivity index (χ1n) is 4.35. The SMILES string of the molecule is CCN(C)c1nc(NC)c(Cl)cc1Cl. The second-order valence-electron chi connectivity index (χ2n) is 2.89. The van der Waals surface area contributed by atoms with Crippen LogP contribution in [-0.4, -0.2) is 25.6 Å². The van der Waals surface area contributed by atoms with Crippen LogP contribution < -0.4 is 10.2 Å². The molecular weight excluding hydrogens is 221 g/mol. The fraction of sp³-hybridized carbons (Fsp3) is 0.444. The van der Waals surface area contributed by atoms with Crippen molar-refractivity contribution in [1.82, 2.24) is 4.98 Å². The van der Waals surface area contributed by atoms with Crippen molar-refractivity contribution < 1.29 is 0 Å². The zero-order valence-corrected chi connectivity index (χ0v) is 9.95. The lowest BCUT2D eigenvalue weighted by molar-refractivity contribution is 0.939. The van der Waals surface area contributed by atoms with Gasteiger partial charge in [0.1, 0.15) is 11.6 Å². The molecule has 1 rings (SSSR count). The lowest BCUT2D eigenvalue weighted by Gasteiger charge is -2.18. The third-order valence-electron chi connectivity index (χ3n) is 1.98. The molecule has 0 radical (unpaired) electrons. The zero-order chi connectivity index (χ0) is 10.7. The summed E-state index contributed by atoms with van der Waals surface area (Å²) in [4.78, 5) is 6.27. The van der Waals surface area contributed by atoms with E-state index in [1.54, 1.807) is 13.1 Å². The van der Waals surface area contributed by atoms with Crippen molar-refractivity contribution in [3.63, 3.8) is 0 Å². The van der Waals surface area contributed by atoms with E-state index in [4.69, 9.17) is 23.2 Å². The normalized spacial score (nSPS) is 10.1. The molecule has 0 atom stereocenters. The molecule has 1 N–H and O–H groups in total. The Hall–Kier alpha value is -0.670. The lowest BCUT2D eigenvalue weighted by Crippen LogP contribution is -2.18. The average molecular weight is 234 g/mol. The molecule has 14 heavy (non-hydrogen) atoms. The summed E-state index contributed by atoms with van der Waals surface area (Å²) in [7, 11) is 3.71. The largest absolute Gasteiger partial charge is 0.372 e. The summed E-state index contributed by atoms with van der Waals surface area (Å²) in [6.45, 7) is 2.88. The summed E-state index contributed by atoms with van der Waals surface area (Å²) in [5.74, 6) is 1.38. The van der Waals surface area contributed by atoms with Crippen LogP contribution in [0.3, 0.4) is 0 Å². The first-order valence-corrected chi connectivity index (χ1v) is 5.10. The predicted octanol–water partition coefficient (Wildman–Crippen LogP) is 2.89. The predicted molar refractivity (Wildman–Crippen MR) is 62.7 cm³/mol. The van der Waals surface area contributed by atoms with Gasteiger partial charge in [-0.25, -0.2) is 4.98 Å². The van der Waals surface area contributed by atoms with E-state index < -0.39 is 0 Å². The van der Waals surface area contributed by atoms with Gasteiger partial charge in [-0.2, -0.15) is 0 Å². The van der Waals surface area contributed by atoms with Crippen molar-refractivity contribution in [3.05, 3.63) is 16.1 Å². The minimum Gasteiger partial charge on any atom is -0.372 e. The number of anilines is 2. The number of nitrogens with one attached hydrogen (secondary N) is 1. The Morgan fingerprint density at radius 2 is 2.07 bits per heavy atom. The molecule has 0 fully saturated rings. The fourth-order valence-corrected chi connectivity index (χ4v) is 1.65. The molecule has 0 unspecified atom stereocenters. The van der Waals surface area contributed by atoms with E-state index in [9.17, 15) is 0 Å². The number of halogens is 2. The molecule has 0 aliphatic heterocycles. The topological polar surface area (TPSA) is 28.2 Å². The number of rotatable bonds is 3. The van der Waals surface area contributed by atoms with Crippen molar-refractivity contribution >= 4 is 34.8 Å². The Morgan fingerprint density at radius 3 is 2.57 bits per heavy atom. The highest BCUT2D eigenvalue weighted by Gasteiger charge is 2.10. The minimum atomic E-state index is 0.533. The molecule has 0 spiro atoms. The smallest absolute Gasteiger partial charge is 0.149 e. The highest BCUT2D eigenvalue weighted by Crippen LogP contribution is 2.30. The molecular formula is C9H13Cl2N3. The number of hydrogen-bond acceptors (Lipinski definition) is 3. The molecule has 0 saturated heterocycles. The summed E-state index contributed by atoms with van der Waals surface area (Å²) < 4.78 is 0. The van der Waals surface area contributed by atoms with Crippen LogP contribution in [0.4, 0.5) is 11.6 Å². The number of hydrogen-bond donors (Lipinski definition) is 1. The van der Waals surface area contributed by atoms with Crippen LogP contribution in [0.25, 0.3) is 0 Å². The van der Waals surface area contributed by atoms with Gasteiger partial charge in [0, 0.05) is 20.6 Å². The molecule has 0 saturated carbocycles. The van der Waals surface area contributed by atoms with E-state index in [-0.39, 0.29) is 0 Å². The van der Waals surface area contributed by atoms with Crippen molar-refractivity contribution in [1.29, 1.82) is 0 Å². The molecule has 1 heterocycles. The Balaban J connectivity index is 3.17. The molecule has 0 aliphatic carbocycles. The average Bonchev–Trinajstić information content (AvgIpc) is 2.17. The maximum Gasteiger partial charge on any atom is 0.149 e. The van der Waals surface area contributed by atoms with Crippen LogP contribution in [0.15, 0.2) is 6.07 Å². The molecule has 0 bridgehead atoms. The van der Waals surface area contributed by atoms with Gasteiger partial charge >= 0.3 is 0 Å². The number of pyridine rings is 1. The molecule has 0 aliphatic rings. The van der Waals surface area contributed by atoms with Crippen LogP contribution in [0.1, 0.15) is 6.92 Å². The maximum atomic E-state index is 6.02. The third-order valence-corrected chi connectivity index (χ3v) is 2.55. The number of nitrogens with zero attached hydrogens (tertiary/aromatic N) is 2. The van der Waals surface area contributed by atoms with Crippen molar-refractivity contribution in [2.24, 2.45) is 0 Å². The summed E-state index contributed by atoms with van der Waals surface area (Å²) in [6.07, 6.45) is 0. The van der Waals surface area contributed by atoms with E-state index in [0.29, 0.717) is 15.9 Å². The first kappa shape index (κ1) is 11.4. The van der Waals surface area contributed by atoms with E-state index in [2.05, 4.69) is 10.3 Å². The highest BCUT2D eigenvalue weighted by atomic mass is 35.5. The van der Waals surface area contributed by atoms with Gasteiger partial charge < -0.3 is 10.2 Å². The third kappa shape index (κ3) is 2.22. The van der Waals surface area contributed by atoms with Crippen molar-refractivity contribution in [3.8, 4) is 0 Å². The Bertz CT molecular complexity index is 328. The van der Waals surface area contributed by atoms with Gasteiger partial charge in [0.25, 0.3) is 0 Å². The fourth-order valence-electron chi connectivity index (χ4n) is 1.05. The van der Waals surface area contributed by atoms with Gasteiger partial charge in [0.2, 0.25) is 0 Å². The van der Waals surface area contributed by atoms with Crippen molar-refractivity contribution in [2.75, 3.05) is 30.9 Å². The summed E-state index contributed by atoms with van der Waals surface area (Å²) in [5, 5.41) is 4.01. The minimum absolute atomic E-state index is 0.533. The van der Waals surface area contributed by atoms with E-state index >= 15 is 0 Å². The van der Waals surface area contributed by atoms with Crippen LogP contribution in [0, 0.1) is 0 Å². The van der Waals surface area contributed by atoms with Crippen LogP contribution in [-0.2, 0) is 0 Å². The summed E-state index contributed by atoms with van der Waals surface area (Å²) in [6, 6.07) is 1.70. The highest BCUT2D eigenvalue weighted by molar-refractivity contribution is 6.37. The molecule has 78 valence electrons. The molecule has 1 aromatic rings. The van der Waals surface area contributed by atoms with Gasteiger partial charge in [-0.3, -0.25) is 0 Å². The van der Waals surface area contributed by atoms with Gasteiger partial charge in [-0.1, -0.05) is 23.2 Å². The van der Waals surface area contributed by atoms with Crippen LogP contribution in [0.2, 0.25) is 10.0 Å². The van der Waals surface area contributed by atoms with Crippen LogP contribution >= 0.6 is 23.2 Å². The monoisotopic (exact) mass is 233 g/mol. The molecule has 0 aromatic carbocycles. The Kier molecular flexibility index (Phi) is 3.84. The Morgan fingerprint density at radius 1 is 1.43 bits per heavy atom. The van der Waals surface area contributed by atoms with Gasteiger partial charge in [-0.15, -0.1) is 0 Å². The summed E-state index contributed by atoms with van der Waals surface area (Å²) >= 11 is 11.9. The maximum absolute atomic E-state index is 6.02. The molecule has 3 nitrogen and oxygen atoms in total. The lowest BCUT2D eigenvalue weighted by atomic mass is 10.4. The molecule has 1 aromatic heterocycles. The quantitative estimate of drug-likeness (QED) is 0.871. The first-order chi connectivity index (χ1) is 6.60. The molecule has 0 amide bonds. The van der Waals surface area contributed by atoms with E-state index in [0.717, 1.165) is 12.4 Å². The second-order valence-corrected chi connectivity index (χ2v) is 3.70.